The van der Waals surface area contributed by atoms with Crippen LogP contribution in [0.15, 0.2) is 48.5 Å². The zero-order valence-corrected chi connectivity index (χ0v) is 11.6. The summed E-state index contributed by atoms with van der Waals surface area (Å²) in [4.78, 5) is 0. The number of benzene rings is 2. The Kier molecular flexibility index (Phi) is 3.99. The third kappa shape index (κ3) is 3.43. The molecular formula is C14H13FIN. The van der Waals surface area contributed by atoms with Gasteiger partial charge in [-0.05, 0) is 71.5 Å². The monoisotopic (exact) mass is 341 g/mol. The Balaban J connectivity index is 2.08. The number of hydrogen-bond donors (Lipinski definition) is 1. The molecule has 1 unspecified atom stereocenters. The van der Waals surface area contributed by atoms with Gasteiger partial charge in [-0.3, -0.25) is 0 Å². The molecule has 0 fully saturated rings. The minimum Gasteiger partial charge on any atom is -0.379 e. The van der Waals surface area contributed by atoms with Crippen LogP contribution in [0.2, 0.25) is 0 Å². The highest BCUT2D eigenvalue weighted by Gasteiger charge is 2.04. The van der Waals surface area contributed by atoms with Crippen molar-refractivity contribution in [1.29, 1.82) is 0 Å². The summed E-state index contributed by atoms with van der Waals surface area (Å²) in [6.07, 6.45) is 0. The number of nitrogens with one attached hydrogen (secondary N) is 1. The summed E-state index contributed by atoms with van der Waals surface area (Å²) in [5.74, 6) is -0.199. The third-order valence-electron chi connectivity index (χ3n) is 2.60. The Labute approximate surface area is 114 Å². The van der Waals surface area contributed by atoms with Gasteiger partial charge in [0.15, 0.2) is 0 Å². The standard InChI is InChI=1S/C14H13FIN/c1-10(11-2-4-12(15)5-3-11)17-14-8-6-13(16)7-9-14/h2-10,17H,1H3. The topological polar surface area (TPSA) is 12.0 Å². The van der Waals surface area contributed by atoms with E-state index in [1.165, 1.54) is 15.7 Å². The SMILES string of the molecule is CC(Nc1ccc(I)cc1)c1ccc(F)cc1. The summed E-state index contributed by atoms with van der Waals surface area (Å²) in [7, 11) is 0. The Bertz CT molecular complexity index is 479. The molecule has 1 atom stereocenters. The second kappa shape index (κ2) is 5.49. The van der Waals surface area contributed by atoms with Gasteiger partial charge in [-0.15, -0.1) is 0 Å². The molecule has 0 bridgehead atoms. The van der Waals surface area contributed by atoms with Gasteiger partial charge in [0.05, 0.1) is 0 Å². The maximum atomic E-state index is 12.8. The number of halogens is 2. The van der Waals surface area contributed by atoms with Crippen molar-refractivity contribution in [1.82, 2.24) is 0 Å². The molecule has 0 amide bonds. The Morgan fingerprint density at radius 1 is 1.00 bits per heavy atom. The van der Waals surface area contributed by atoms with E-state index in [4.69, 9.17) is 0 Å². The third-order valence-corrected chi connectivity index (χ3v) is 3.32. The van der Waals surface area contributed by atoms with E-state index in [1.807, 2.05) is 12.1 Å². The van der Waals surface area contributed by atoms with Gasteiger partial charge in [0, 0.05) is 15.3 Å². The van der Waals surface area contributed by atoms with Crippen molar-refractivity contribution in [2.75, 3.05) is 5.32 Å². The lowest BCUT2D eigenvalue weighted by Gasteiger charge is -2.15. The first-order chi connectivity index (χ1) is 8.15. The van der Waals surface area contributed by atoms with Crippen molar-refractivity contribution < 1.29 is 4.39 Å². The van der Waals surface area contributed by atoms with Crippen molar-refractivity contribution in [3.63, 3.8) is 0 Å². The maximum absolute atomic E-state index is 12.8. The van der Waals surface area contributed by atoms with Gasteiger partial charge in [0.2, 0.25) is 0 Å². The van der Waals surface area contributed by atoms with Gasteiger partial charge in [-0.1, -0.05) is 12.1 Å². The summed E-state index contributed by atoms with van der Waals surface area (Å²) < 4.78 is 14.0. The largest absolute Gasteiger partial charge is 0.379 e. The first-order valence-electron chi connectivity index (χ1n) is 5.43. The smallest absolute Gasteiger partial charge is 0.123 e. The average Bonchev–Trinajstić information content (AvgIpc) is 2.33. The highest BCUT2D eigenvalue weighted by Crippen LogP contribution is 2.20. The van der Waals surface area contributed by atoms with Crippen LogP contribution in [0.1, 0.15) is 18.5 Å². The first-order valence-corrected chi connectivity index (χ1v) is 6.50. The molecule has 2 aromatic carbocycles. The molecule has 17 heavy (non-hydrogen) atoms. The van der Waals surface area contributed by atoms with Gasteiger partial charge in [0.1, 0.15) is 5.82 Å². The second-order valence-electron chi connectivity index (χ2n) is 3.92. The quantitative estimate of drug-likeness (QED) is 0.805. The van der Waals surface area contributed by atoms with Crippen molar-refractivity contribution >= 4 is 28.3 Å². The molecule has 88 valence electrons. The van der Waals surface area contributed by atoms with E-state index in [0.717, 1.165) is 11.3 Å². The predicted octanol–water partition coefficient (Wildman–Crippen LogP) is 4.60. The summed E-state index contributed by atoms with van der Waals surface area (Å²) in [6.45, 7) is 2.06. The van der Waals surface area contributed by atoms with E-state index >= 15 is 0 Å². The van der Waals surface area contributed by atoms with E-state index in [0.29, 0.717) is 0 Å². The van der Waals surface area contributed by atoms with E-state index in [9.17, 15) is 4.39 Å². The Hall–Kier alpha value is -1.10. The van der Waals surface area contributed by atoms with Crippen LogP contribution in [0.25, 0.3) is 0 Å². The molecule has 0 saturated carbocycles. The number of rotatable bonds is 3. The second-order valence-corrected chi connectivity index (χ2v) is 5.17. The number of hydrogen-bond acceptors (Lipinski definition) is 1. The van der Waals surface area contributed by atoms with Gasteiger partial charge in [0.25, 0.3) is 0 Å². The van der Waals surface area contributed by atoms with Crippen LogP contribution in [0.4, 0.5) is 10.1 Å². The van der Waals surface area contributed by atoms with Gasteiger partial charge in [-0.25, -0.2) is 4.39 Å². The molecule has 1 N–H and O–H groups in total. The fraction of sp³-hybridized carbons (Fsp3) is 0.143. The van der Waals surface area contributed by atoms with Crippen LogP contribution in [-0.2, 0) is 0 Å². The highest BCUT2D eigenvalue weighted by atomic mass is 127. The average molecular weight is 341 g/mol. The lowest BCUT2D eigenvalue weighted by Crippen LogP contribution is -2.06. The molecule has 0 aliphatic carbocycles. The summed E-state index contributed by atoms with van der Waals surface area (Å²) >= 11 is 2.28. The van der Waals surface area contributed by atoms with E-state index < -0.39 is 0 Å². The zero-order chi connectivity index (χ0) is 12.3. The summed E-state index contributed by atoms with van der Waals surface area (Å²) in [5, 5.41) is 3.38. The molecule has 0 radical (unpaired) electrons. The maximum Gasteiger partial charge on any atom is 0.123 e. The van der Waals surface area contributed by atoms with Crippen LogP contribution in [-0.4, -0.2) is 0 Å². The van der Waals surface area contributed by atoms with E-state index in [-0.39, 0.29) is 11.9 Å². The van der Waals surface area contributed by atoms with Crippen molar-refractivity contribution in [3.8, 4) is 0 Å². The minimum absolute atomic E-state index is 0.163. The van der Waals surface area contributed by atoms with Crippen LogP contribution in [0.5, 0.6) is 0 Å². The molecule has 2 rings (SSSR count). The minimum atomic E-state index is -0.199. The molecule has 3 heteroatoms. The van der Waals surface area contributed by atoms with Gasteiger partial charge < -0.3 is 5.32 Å². The molecule has 2 aromatic rings. The Morgan fingerprint density at radius 3 is 2.18 bits per heavy atom. The number of anilines is 1. The highest BCUT2D eigenvalue weighted by molar-refractivity contribution is 14.1. The van der Waals surface area contributed by atoms with Crippen LogP contribution in [0.3, 0.4) is 0 Å². The Morgan fingerprint density at radius 2 is 1.59 bits per heavy atom. The van der Waals surface area contributed by atoms with E-state index in [2.05, 4.69) is 47.0 Å². The lowest BCUT2D eigenvalue weighted by molar-refractivity contribution is 0.626. The summed E-state index contributed by atoms with van der Waals surface area (Å²) in [6, 6.07) is 14.9. The zero-order valence-electron chi connectivity index (χ0n) is 9.45. The van der Waals surface area contributed by atoms with E-state index in [1.54, 1.807) is 12.1 Å². The van der Waals surface area contributed by atoms with Crippen LogP contribution in [0, 0.1) is 9.39 Å². The van der Waals surface area contributed by atoms with Crippen molar-refractivity contribution in [2.45, 2.75) is 13.0 Å². The fourth-order valence-corrected chi connectivity index (χ4v) is 1.99. The van der Waals surface area contributed by atoms with Gasteiger partial charge >= 0.3 is 0 Å². The molecule has 0 saturated heterocycles. The fourth-order valence-electron chi connectivity index (χ4n) is 1.63. The van der Waals surface area contributed by atoms with Crippen molar-refractivity contribution in [2.24, 2.45) is 0 Å². The molecule has 0 aromatic heterocycles. The van der Waals surface area contributed by atoms with Crippen LogP contribution < -0.4 is 5.32 Å². The molecule has 0 spiro atoms. The molecule has 0 aliphatic heterocycles. The summed E-state index contributed by atoms with van der Waals surface area (Å²) in [5.41, 5.74) is 2.15. The lowest BCUT2D eigenvalue weighted by atomic mass is 10.1. The molecule has 1 nitrogen and oxygen atoms in total. The molecular weight excluding hydrogens is 328 g/mol. The predicted molar refractivity (Wildman–Crippen MR) is 77.6 cm³/mol. The molecule has 0 aliphatic rings. The first kappa shape index (κ1) is 12.4. The normalized spacial score (nSPS) is 12.2. The molecule has 0 heterocycles. The van der Waals surface area contributed by atoms with Crippen LogP contribution >= 0.6 is 22.6 Å². The van der Waals surface area contributed by atoms with Crippen molar-refractivity contribution in [3.05, 3.63) is 63.5 Å². The van der Waals surface area contributed by atoms with Gasteiger partial charge in [-0.2, -0.15) is 0 Å².